The summed E-state index contributed by atoms with van der Waals surface area (Å²) in [4.78, 5) is 19.0. The van der Waals surface area contributed by atoms with Crippen LogP contribution in [0.1, 0.15) is 22.8 Å². The molecule has 10 nitrogen and oxygen atoms in total. The van der Waals surface area contributed by atoms with Crippen LogP contribution in [-0.4, -0.2) is 99.4 Å². The molecule has 12 heteroatoms. The van der Waals surface area contributed by atoms with Gasteiger partial charge in [0.2, 0.25) is 16.3 Å². The molecule has 0 spiro atoms. The van der Waals surface area contributed by atoms with Gasteiger partial charge in [0.1, 0.15) is 5.75 Å². The molecule has 2 atom stereocenters. The van der Waals surface area contributed by atoms with E-state index in [0.29, 0.717) is 25.3 Å². The van der Waals surface area contributed by atoms with Gasteiger partial charge in [-0.2, -0.15) is 4.31 Å². The number of carbonyl (C=O) groups is 1. The number of piperazine rings is 1. The van der Waals surface area contributed by atoms with Gasteiger partial charge in [0.15, 0.2) is 5.76 Å². The number of aliphatic hydroxyl groups excluding tert-OH is 1. The Morgan fingerprint density at radius 2 is 1.77 bits per heavy atom. The first-order chi connectivity index (χ1) is 21.4. The van der Waals surface area contributed by atoms with Crippen LogP contribution in [0.15, 0.2) is 88.8 Å². The third-order valence-electron chi connectivity index (χ3n) is 7.78. The summed E-state index contributed by atoms with van der Waals surface area (Å²) in [6.07, 6.45) is 1.65. The SMILES string of the molecule is COc1ccc(S(=O)(=O)N(CCO)CCO[C@H]2C[C@@H](c3cccs3)C=C(C(=O)N3CCN(Cc4ccccc4)CC3)O2)cc1. The van der Waals surface area contributed by atoms with Gasteiger partial charge in [-0.1, -0.05) is 36.4 Å². The number of methoxy groups -OCH3 is 1. The van der Waals surface area contributed by atoms with Crippen LogP contribution in [-0.2, 0) is 30.8 Å². The van der Waals surface area contributed by atoms with Crippen LogP contribution in [0.4, 0.5) is 0 Å². The Morgan fingerprint density at radius 1 is 1.02 bits per heavy atom. The average Bonchev–Trinajstić information content (AvgIpc) is 3.60. The van der Waals surface area contributed by atoms with Gasteiger partial charge < -0.3 is 24.2 Å². The van der Waals surface area contributed by atoms with Crippen molar-refractivity contribution in [3.05, 3.63) is 94.4 Å². The molecule has 2 aliphatic rings. The second-order valence-corrected chi connectivity index (χ2v) is 13.6. The van der Waals surface area contributed by atoms with Crippen molar-refractivity contribution >= 4 is 27.3 Å². The van der Waals surface area contributed by atoms with Gasteiger partial charge in [-0.05, 0) is 47.4 Å². The Morgan fingerprint density at radius 3 is 2.43 bits per heavy atom. The lowest BCUT2D eigenvalue weighted by molar-refractivity contribution is -0.153. The van der Waals surface area contributed by atoms with E-state index in [1.807, 2.05) is 46.7 Å². The van der Waals surface area contributed by atoms with Gasteiger partial charge >= 0.3 is 0 Å². The number of ether oxygens (including phenoxy) is 3. The molecule has 2 aromatic carbocycles. The molecule has 0 bridgehead atoms. The number of rotatable bonds is 13. The monoisotopic (exact) mass is 641 g/mol. The van der Waals surface area contributed by atoms with E-state index >= 15 is 0 Å². The number of hydrogen-bond donors (Lipinski definition) is 1. The number of benzene rings is 2. The van der Waals surface area contributed by atoms with Gasteiger partial charge in [-0.3, -0.25) is 9.69 Å². The lowest BCUT2D eigenvalue weighted by Gasteiger charge is -2.36. The van der Waals surface area contributed by atoms with E-state index < -0.39 is 16.3 Å². The number of hydrogen-bond acceptors (Lipinski definition) is 9. The maximum atomic E-state index is 13.6. The first-order valence-corrected chi connectivity index (χ1v) is 17.0. The summed E-state index contributed by atoms with van der Waals surface area (Å²) < 4.78 is 45.0. The van der Waals surface area contributed by atoms with Crippen molar-refractivity contribution in [3.63, 3.8) is 0 Å². The third-order valence-corrected chi connectivity index (χ3v) is 10.7. The van der Waals surface area contributed by atoms with Crippen molar-refractivity contribution in [1.29, 1.82) is 0 Å². The van der Waals surface area contributed by atoms with E-state index in [1.165, 1.54) is 29.1 Å². The lowest BCUT2D eigenvalue weighted by atomic mass is 9.99. The van der Waals surface area contributed by atoms with Crippen molar-refractivity contribution in [2.45, 2.75) is 30.1 Å². The van der Waals surface area contributed by atoms with E-state index in [1.54, 1.807) is 23.5 Å². The molecule has 0 saturated carbocycles. The van der Waals surface area contributed by atoms with Crippen molar-refractivity contribution in [3.8, 4) is 5.75 Å². The molecule has 44 heavy (non-hydrogen) atoms. The molecule has 5 rings (SSSR count). The van der Waals surface area contributed by atoms with Gasteiger partial charge in [-0.25, -0.2) is 8.42 Å². The number of thiophene rings is 1. The predicted octanol–water partition coefficient (Wildman–Crippen LogP) is 3.51. The Hall–Kier alpha value is -3.26. The number of aliphatic hydroxyl groups is 1. The summed E-state index contributed by atoms with van der Waals surface area (Å²) >= 11 is 1.61. The van der Waals surface area contributed by atoms with E-state index in [2.05, 4.69) is 17.0 Å². The maximum absolute atomic E-state index is 13.6. The Labute approximate surface area is 263 Å². The van der Waals surface area contributed by atoms with Crippen LogP contribution in [0.25, 0.3) is 0 Å². The summed E-state index contributed by atoms with van der Waals surface area (Å²) in [5.41, 5.74) is 1.25. The number of allylic oxidation sites excluding steroid dienone is 1. The molecule has 1 fully saturated rings. The minimum absolute atomic E-state index is 0.00875. The molecule has 2 aliphatic heterocycles. The van der Waals surface area contributed by atoms with Crippen molar-refractivity contribution < 1.29 is 32.5 Å². The highest BCUT2D eigenvalue weighted by atomic mass is 32.2. The largest absolute Gasteiger partial charge is 0.497 e. The van der Waals surface area contributed by atoms with Crippen LogP contribution in [0.2, 0.25) is 0 Å². The minimum atomic E-state index is -3.88. The molecule has 3 aromatic rings. The molecular weight excluding hydrogens is 603 g/mol. The highest BCUT2D eigenvalue weighted by molar-refractivity contribution is 7.89. The summed E-state index contributed by atoms with van der Waals surface area (Å²) in [5.74, 6) is 0.573. The molecule has 1 aromatic heterocycles. The Bertz CT molecular complexity index is 1470. The van der Waals surface area contributed by atoms with E-state index in [9.17, 15) is 18.3 Å². The fourth-order valence-electron chi connectivity index (χ4n) is 5.36. The standard InChI is InChI=1S/C32H39N3O7S2/c1-40-27-9-11-28(12-10-27)44(38,39)35(17-19-36)18-20-41-31-23-26(30-8-5-21-43-30)22-29(42-31)32(37)34-15-13-33(14-16-34)24-25-6-3-2-4-7-25/h2-12,21-22,26,31,36H,13-20,23-24H2,1H3/t26-,31+/m0/s1. The molecule has 0 aliphatic carbocycles. The second-order valence-electron chi connectivity index (χ2n) is 10.7. The topological polar surface area (TPSA) is 109 Å². The normalized spacial score (nSPS) is 19.4. The van der Waals surface area contributed by atoms with Crippen LogP contribution in [0.3, 0.4) is 0 Å². The smallest absolute Gasteiger partial charge is 0.288 e. The van der Waals surface area contributed by atoms with Gasteiger partial charge in [-0.15, -0.1) is 11.3 Å². The molecule has 236 valence electrons. The summed E-state index contributed by atoms with van der Waals surface area (Å²) in [5, 5.41) is 11.6. The van der Waals surface area contributed by atoms with Crippen molar-refractivity contribution in [2.75, 3.05) is 59.6 Å². The molecule has 0 unspecified atom stereocenters. The molecular formula is C32H39N3O7S2. The molecule has 1 saturated heterocycles. The van der Waals surface area contributed by atoms with Crippen LogP contribution in [0.5, 0.6) is 5.75 Å². The van der Waals surface area contributed by atoms with Crippen molar-refractivity contribution in [2.24, 2.45) is 0 Å². The predicted molar refractivity (Wildman–Crippen MR) is 168 cm³/mol. The highest BCUT2D eigenvalue weighted by Gasteiger charge is 2.33. The van der Waals surface area contributed by atoms with Crippen molar-refractivity contribution in [1.82, 2.24) is 14.1 Å². The molecule has 0 radical (unpaired) electrons. The fourth-order valence-corrected chi connectivity index (χ4v) is 7.59. The highest BCUT2D eigenvalue weighted by Crippen LogP contribution is 2.34. The summed E-state index contributed by atoms with van der Waals surface area (Å²) in [6, 6.07) is 20.4. The number of carbonyl (C=O) groups excluding carboxylic acids is 1. The van der Waals surface area contributed by atoms with E-state index in [4.69, 9.17) is 14.2 Å². The summed E-state index contributed by atoms with van der Waals surface area (Å²) in [7, 11) is -2.37. The Balaban J connectivity index is 1.21. The van der Waals surface area contributed by atoms with Gasteiger partial charge in [0, 0.05) is 63.0 Å². The van der Waals surface area contributed by atoms with E-state index in [-0.39, 0.29) is 48.8 Å². The average molecular weight is 642 g/mol. The third kappa shape index (κ3) is 8.06. The first-order valence-electron chi connectivity index (χ1n) is 14.7. The van der Waals surface area contributed by atoms with Crippen LogP contribution in [0, 0.1) is 0 Å². The molecule has 1 N–H and O–H groups in total. The first kappa shape index (κ1) is 32.1. The fraction of sp³-hybridized carbons (Fsp3) is 0.406. The van der Waals surface area contributed by atoms with Gasteiger partial charge in [0.25, 0.3) is 5.91 Å². The van der Waals surface area contributed by atoms with Gasteiger partial charge in [0.05, 0.1) is 25.2 Å². The molecule has 3 heterocycles. The maximum Gasteiger partial charge on any atom is 0.288 e. The van der Waals surface area contributed by atoms with Crippen LogP contribution >= 0.6 is 11.3 Å². The zero-order valence-corrected chi connectivity index (χ0v) is 26.4. The Kier molecular flexibility index (Phi) is 11.1. The van der Waals surface area contributed by atoms with E-state index in [0.717, 1.165) is 24.5 Å². The van der Waals surface area contributed by atoms with Crippen LogP contribution < -0.4 is 4.74 Å². The second kappa shape index (κ2) is 15.2. The summed E-state index contributed by atoms with van der Waals surface area (Å²) in [6.45, 7) is 3.20. The quantitative estimate of drug-likeness (QED) is 0.302. The number of sulfonamides is 1. The number of nitrogens with zero attached hydrogens (tertiary/aromatic N) is 3. The molecule has 1 amide bonds. The zero-order valence-electron chi connectivity index (χ0n) is 24.8. The zero-order chi connectivity index (χ0) is 30.9. The minimum Gasteiger partial charge on any atom is -0.497 e. The number of amides is 1. The lowest BCUT2D eigenvalue weighted by Crippen LogP contribution is -2.49.